The number of piperidine rings is 1. The van der Waals surface area contributed by atoms with Crippen LogP contribution < -0.4 is 0 Å². The average Bonchev–Trinajstić information content (AvgIpc) is 2.16. The third kappa shape index (κ3) is 2.01. The third-order valence-electron chi connectivity index (χ3n) is 3.86. The number of aliphatic hydroxyl groups excluding tert-OH is 1. The molecule has 3 atom stereocenters. The van der Waals surface area contributed by atoms with Crippen molar-refractivity contribution in [2.24, 2.45) is 5.92 Å². The molecule has 0 aromatic rings. The number of rotatable bonds is 3. The monoisotopic (exact) mass is 213 g/mol. The highest BCUT2D eigenvalue weighted by Gasteiger charge is 2.42. The zero-order valence-corrected chi connectivity index (χ0v) is 8.93. The molecule has 15 heavy (non-hydrogen) atoms. The van der Waals surface area contributed by atoms with E-state index in [0.717, 1.165) is 38.6 Å². The maximum absolute atomic E-state index is 10.9. The smallest absolute Gasteiger partial charge is 0.308 e. The SMILES string of the molecule is O=C(O)C1CCC1N1CCCCC1CO. The van der Waals surface area contributed by atoms with Gasteiger partial charge in [0.2, 0.25) is 0 Å². The van der Waals surface area contributed by atoms with Gasteiger partial charge in [-0.15, -0.1) is 0 Å². The molecule has 0 amide bonds. The fourth-order valence-electron chi connectivity index (χ4n) is 2.82. The van der Waals surface area contributed by atoms with Crippen LogP contribution in [0.5, 0.6) is 0 Å². The number of hydrogen-bond donors (Lipinski definition) is 2. The Labute approximate surface area is 89.9 Å². The zero-order valence-electron chi connectivity index (χ0n) is 8.93. The molecule has 86 valence electrons. The minimum Gasteiger partial charge on any atom is -0.481 e. The molecule has 1 saturated carbocycles. The van der Waals surface area contributed by atoms with E-state index in [0.29, 0.717) is 0 Å². The van der Waals surface area contributed by atoms with E-state index in [2.05, 4.69) is 4.90 Å². The Hall–Kier alpha value is -0.610. The molecule has 1 aliphatic heterocycles. The third-order valence-corrected chi connectivity index (χ3v) is 3.86. The number of hydrogen-bond acceptors (Lipinski definition) is 3. The van der Waals surface area contributed by atoms with Gasteiger partial charge in [-0.25, -0.2) is 0 Å². The fraction of sp³-hybridized carbons (Fsp3) is 0.909. The summed E-state index contributed by atoms with van der Waals surface area (Å²) in [6.45, 7) is 1.13. The minimum atomic E-state index is -0.673. The number of carboxylic acid groups (broad SMARTS) is 1. The molecule has 0 radical (unpaired) electrons. The van der Waals surface area contributed by atoms with Gasteiger partial charge in [-0.2, -0.15) is 0 Å². The number of aliphatic carboxylic acids is 1. The number of carbonyl (C=O) groups is 1. The predicted molar refractivity (Wildman–Crippen MR) is 55.6 cm³/mol. The van der Waals surface area contributed by atoms with Gasteiger partial charge in [-0.3, -0.25) is 9.69 Å². The summed E-state index contributed by atoms with van der Waals surface area (Å²) >= 11 is 0. The van der Waals surface area contributed by atoms with Crippen LogP contribution in [0, 0.1) is 5.92 Å². The molecule has 2 rings (SSSR count). The van der Waals surface area contributed by atoms with Crippen molar-refractivity contribution in [3.63, 3.8) is 0 Å². The highest BCUT2D eigenvalue weighted by Crippen LogP contribution is 2.35. The van der Waals surface area contributed by atoms with Gasteiger partial charge >= 0.3 is 5.97 Å². The number of carboxylic acids is 1. The van der Waals surface area contributed by atoms with E-state index < -0.39 is 5.97 Å². The van der Waals surface area contributed by atoms with E-state index in [1.54, 1.807) is 0 Å². The molecule has 0 bridgehead atoms. The van der Waals surface area contributed by atoms with Crippen LogP contribution in [0.1, 0.15) is 32.1 Å². The largest absolute Gasteiger partial charge is 0.481 e. The predicted octanol–water partition coefficient (Wildman–Crippen LogP) is 0.696. The Bertz CT molecular complexity index is 244. The molecule has 2 N–H and O–H groups in total. The van der Waals surface area contributed by atoms with Crippen LogP contribution in [0.15, 0.2) is 0 Å². The summed E-state index contributed by atoms with van der Waals surface area (Å²) in [7, 11) is 0. The maximum atomic E-state index is 10.9. The number of aliphatic hydroxyl groups is 1. The van der Waals surface area contributed by atoms with Crippen LogP contribution in [0.2, 0.25) is 0 Å². The molecular formula is C11H19NO3. The highest BCUT2D eigenvalue weighted by molar-refractivity contribution is 5.72. The molecular weight excluding hydrogens is 194 g/mol. The normalized spacial score (nSPS) is 37.3. The van der Waals surface area contributed by atoms with Crippen LogP contribution in [-0.4, -0.2) is 46.3 Å². The lowest BCUT2D eigenvalue weighted by atomic mass is 9.77. The van der Waals surface area contributed by atoms with Gasteiger partial charge in [0.05, 0.1) is 12.5 Å². The average molecular weight is 213 g/mol. The van der Waals surface area contributed by atoms with Crippen molar-refractivity contribution in [1.29, 1.82) is 0 Å². The molecule has 2 fully saturated rings. The van der Waals surface area contributed by atoms with Crippen LogP contribution in [0.4, 0.5) is 0 Å². The van der Waals surface area contributed by atoms with Gasteiger partial charge in [0.25, 0.3) is 0 Å². The summed E-state index contributed by atoms with van der Waals surface area (Å²) in [5.74, 6) is -0.870. The first kappa shape index (κ1) is 10.9. The van der Waals surface area contributed by atoms with Gasteiger partial charge in [0, 0.05) is 12.1 Å². The van der Waals surface area contributed by atoms with Crippen molar-refractivity contribution in [2.45, 2.75) is 44.2 Å². The van der Waals surface area contributed by atoms with Crippen LogP contribution in [-0.2, 0) is 4.79 Å². The molecule has 3 unspecified atom stereocenters. The molecule has 0 spiro atoms. The van der Waals surface area contributed by atoms with Gasteiger partial charge in [-0.05, 0) is 32.2 Å². The first-order valence-electron chi connectivity index (χ1n) is 5.83. The van der Waals surface area contributed by atoms with E-state index >= 15 is 0 Å². The van der Waals surface area contributed by atoms with E-state index in [1.807, 2.05) is 0 Å². The topological polar surface area (TPSA) is 60.8 Å². The summed E-state index contributed by atoms with van der Waals surface area (Å²) < 4.78 is 0. The first-order chi connectivity index (χ1) is 7.24. The maximum Gasteiger partial charge on any atom is 0.308 e. The summed E-state index contributed by atoms with van der Waals surface area (Å²) in [6.07, 6.45) is 5.09. The van der Waals surface area contributed by atoms with Gasteiger partial charge in [-0.1, -0.05) is 6.42 Å². The van der Waals surface area contributed by atoms with Crippen molar-refractivity contribution in [3.05, 3.63) is 0 Å². The fourth-order valence-corrected chi connectivity index (χ4v) is 2.82. The standard InChI is InChI=1S/C11H19NO3/c13-7-8-3-1-2-6-12(8)10-5-4-9(10)11(14)15/h8-10,13H,1-7H2,(H,14,15). The Morgan fingerprint density at radius 2 is 2.07 bits per heavy atom. The Morgan fingerprint density at radius 3 is 2.60 bits per heavy atom. The Balaban J connectivity index is 1.98. The highest BCUT2D eigenvalue weighted by atomic mass is 16.4. The summed E-state index contributed by atoms with van der Waals surface area (Å²) in [6, 6.07) is 0.380. The Kier molecular flexibility index (Phi) is 3.26. The molecule has 1 aliphatic carbocycles. The molecule has 0 aromatic carbocycles. The van der Waals surface area contributed by atoms with E-state index in [4.69, 9.17) is 5.11 Å². The summed E-state index contributed by atoms with van der Waals surface area (Å²) in [5.41, 5.74) is 0. The Morgan fingerprint density at radius 1 is 1.27 bits per heavy atom. The minimum absolute atomic E-state index is 0.169. The van der Waals surface area contributed by atoms with Gasteiger partial charge in [0.15, 0.2) is 0 Å². The van der Waals surface area contributed by atoms with Crippen molar-refractivity contribution in [2.75, 3.05) is 13.2 Å². The molecule has 1 heterocycles. The zero-order chi connectivity index (χ0) is 10.8. The first-order valence-corrected chi connectivity index (χ1v) is 5.83. The van der Waals surface area contributed by atoms with Crippen LogP contribution in [0.3, 0.4) is 0 Å². The molecule has 2 aliphatic rings. The number of likely N-dealkylation sites (tertiary alicyclic amines) is 1. The lowest BCUT2D eigenvalue weighted by molar-refractivity contribution is -0.150. The van der Waals surface area contributed by atoms with E-state index in [-0.39, 0.29) is 24.6 Å². The quantitative estimate of drug-likeness (QED) is 0.724. The van der Waals surface area contributed by atoms with Crippen LogP contribution >= 0.6 is 0 Å². The van der Waals surface area contributed by atoms with E-state index in [9.17, 15) is 9.90 Å². The van der Waals surface area contributed by atoms with E-state index in [1.165, 1.54) is 0 Å². The summed E-state index contributed by atoms with van der Waals surface area (Å²) in [5, 5.41) is 18.3. The lowest BCUT2D eigenvalue weighted by Crippen LogP contribution is -2.56. The van der Waals surface area contributed by atoms with Crippen LogP contribution in [0.25, 0.3) is 0 Å². The van der Waals surface area contributed by atoms with Gasteiger partial charge in [0.1, 0.15) is 0 Å². The second-order valence-electron chi connectivity index (χ2n) is 4.66. The van der Waals surface area contributed by atoms with Crippen molar-refractivity contribution in [1.82, 2.24) is 4.90 Å². The van der Waals surface area contributed by atoms with Crippen molar-refractivity contribution >= 4 is 5.97 Å². The second kappa shape index (κ2) is 4.49. The molecule has 0 aromatic heterocycles. The molecule has 4 nitrogen and oxygen atoms in total. The van der Waals surface area contributed by atoms with Gasteiger partial charge < -0.3 is 10.2 Å². The molecule has 1 saturated heterocycles. The van der Waals surface area contributed by atoms with Crippen molar-refractivity contribution in [3.8, 4) is 0 Å². The lowest BCUT2D eigenvalue weighted by Gasteiger charge is -2.47. The molecule has 4 heteroatoms. The second-order valence-corrected chi connectivity index (χ2v) is 4.66. The number of nitrogens with zero attached hydrogens (tertiary/aromatic N) is 1. The van der Waals surface area contributed by atoms with Crippen molar-refractivity contribution < 1.29 is 15.0 Å². The summed E-state index contributed by atoms with van der Waals surface area (Å²) in [4.78, 5) is 13.2.